The molecule has 0 aromatic heterocycles. The quantitative estimate of drug-likeness (QED) is 0.674. The lowest BCUT2D eigenvalue weighted by atomic mass is 10.1. The molecule has 21 heavy (non-hydrogen) atoms. The van der Waals surface area contributed by atoms with Crippen LogP contribution in [0.25, 0.3) is 0 Å². The second kappa shape index (κ2) is 7.15. The number of anilines is 1. The van der Waals surface area contributed by atoms with Gasteiger partial charge < -0.3 is 15.0 Å². The van der Waals surface area contributed by atoms with E-state index in [1.54, 1.807) is 0 Å². The summed E-state index contributed by atoms with van der Waals surface area (Å²) in [6, 6.07) is 8.02. The van der Waals surface area contributed by atoms with E-state index < -0.39 is 5.81 Å². The summed E-state index contributed by atoms with van der Waals surface area (Å²) in [7, 11) is 5.04. The van der Waals surface area contributed by atoms with Crippen LogP contribution in [0, 0.1) is 0 Å². The van der Waals surface area contributed by atoms with Crippen molar-refractivity contribution < 1.29 is 14.3 Å². The molecule has 5 nitrogen and oxygen atoms in total. The molecule has 2 radical (unpaired) electrons. The smallest absolute Gasteiger partial charge is 0.302 e. The molecule has 1 aliphatic heterocycles. The highest BCUT2D eigenvalue weighted by Gasteiger charge is 2.21. The summed E-state index contributed by atoms with van der Waals surface area (Å²) in [6.07, 6.45) is 1.74. The number of ether oxygens (including phenoxy) is 1. The third-order valence-electron chi connectivity index (χ3n) is 3.54. The number of carbonyl (C=O) groups excluding carboxylic acids is 2. The standard InChI is InChI=1S/C15H19BN2O3/c1-11(19)21-14-6-8-18(9-7-14)13-4-2-12(3-5-13)10-17-15(16)20/h2-5,14H,6-10H2,1H3,(H,17,20). The molecule has 1 aromatic carbocycles. The molecule has 6 heteroatoms. The van der Waals surface area contributed by atoms with Crippen LogP contribution in [0.15, 0.2) is 24.3 Å². The predicted molar refractivity (Wildman–Crippen MR) is 81.4 cm³/mol. The summed E-state index contributed by atoms with van der Waals surface area (Å²) in [6.45, 7) is 3.63. The largest absolute Gasteiger partial charge is 0.462 e. The number of esters is 1. The van der Waals surface area contributed by atoms with Crippen molar-refractivity contribution >= 4 is 25.3 Å². The maximum absolute atomic E-state index is 10.9. The van der Waals surface area contributed by atoms with Crippen LogP contribution in [0.3, 0.4) is 0 Å². The van der Waals surface area contributed by atoms with Gasteiger partial charge in [0.25, 0.3) is 0 Å². The van der Waals surface area contributed by atoms with E-state index >= 15 is 0 Å². The Labute approximate surface area is 126 Å². The van der Waals surface area contributed by atoms with Gasteiger partial charge in [-0.2, -0.15) is 0 Å². The Balaban J connectivity index is 1.86. The Kier molecular flexibility index (Phi) is 5.25. The Bertz CT molecular complexity index is 496. The fraction of sp³-hybridized carbons (Fsp3) is 0.467. The number of hydrogen-bond acceptors (Lipinski definition) is 4. The van der Waals surface area contributed by atoms with E-state index in [2.05, 4.69) is 10.2 Å². The second-order valence-corrected chi connectivity index (χ2v) is 5.18. The zero-order valence-corrected chi connectivity index (χ0v) is 12.2. The van der Waals surface area contributed by atoms with Gasteiger partial charge in [-0.05, 0) is 17.7 Å². The van der Waals surface area contributed by atoms with E-state index in [4.69, 9.17) is 12.6 Å². The van der Waals surface area contributed by atoms with Crippen molar-refractivity contribution in [3.8, 4) is 0 Å². The van der Waals surface area contributed by atoms with Gasteiger partial charge in [-0.1, -0.05) is 12.1 Å². The van der Waals surface area contributed by atoms with Crippen LogP contribution < -0.4 is 10.2 Å². The van der Waals surface area contributed by atoms with Crippen LogP contribution in [0.2, 0.25) is 0 Å². The fourth-order valence-electron chi connectivity index (χ4n) is 2.48. The molecule has 0 aliphatic carbocycles. The van der Waals surface area contributed by atoms with Crippen LogP contribution in [0.5, 0.6) is 0 Å². The zero-order valence-electron chi connectivity index (χ0n) is 12.2. The van der Waals surface area contributed by atoms with Gasteiger partial charge in [0.1, 0.15) is 6.10 Å². The van der Waals surface area contributed by atoms with Gasteiger partial charge >= 0.3 is 5.97 Å². The Hall–Kier alpha value is -1.98. The number of rotatable bonds is 4. The van der Waals surface area contributed by atoms with Gasteiger partial charge in [-0.25, -0.2) is 0 Å². The van der Waals surface area contributed by atoms with E-state index in [0.29, 0.717) is 6.54 Å². The molecule has 1 saturated heterocycles. The van der Waals surface area contributed by atoms with Gasteiger partial charge in [0.15, 0.2) is 5.81 Å². The molecule has 1 fully saturated rings. The lowest BCUT2D eigenvalue weighted by molar-refractivity contribution is -0.147. The number of amides is 1. The Morgan fingerprint density at radius 2 is 1.90 bits per heavy atom. The molecular weight excluding hydrogens is 267 g/mol. The first-order chi connectivity index (χ1) is 10.0. The molecule has 1 amide bonds. The molecular formula is C15H19BN2O3. The van der Waals surface area contributed by atoms with Crippen molar-refractivity contribution in [2.24, 2.45) is 0 Å². The van der Waals surface area contributed by atoms with Crippen molar-refractivity contribution in [2.75, 3.05) is 18.0 Å². The van der Waals surface area contributed by atoms with Gasteiger partial charge in [-0.15, -0.1) is 0 Å². The van der Waals surface area contributed by atoms with Crippen molar-refractivity contribution in [1.29, 1.82) is 0 Å². The number of benzene rings is 1. The molecule has 1 aromatic rings. The lowest BCUT2D eigenvalue weighted by Crippen LogP contribution is -2.37. The van der Waals surface area contributed by atoms with Gasteiger partial charge in [0, 0.05) is 45.1 Å². The minimum Gasteiger partial charge on any atom is -0.462 e. The van der Waals surface area contributed by atoms with E-state index in [1.165, 1.54) is 6.92 Å². The summed E-state index contributed by atoms with van der Waals surface area (Å²) in [4.78, 5) is 23.9. The lowest BCUT2D eigenvalue weighted by Gasteiger charge is -2.33. The van der Waals surface area contributed by atoms with Crippen molar-refractivity contribution in [3.63, 3.8) is 0 Å². The fourth-order valence-corrected chi connectivity index (χ4v) is 2.48. The van der Waals surface area contributed by atoms with Crippen molar-refractivity contribution in [3.05, 3.63) is 29.8 Å². The van der Waals surface area contributed by atoms with Crippen molar-refractivity contribution in [2.45, 2.75) is 32.4 Å². The molecule has 1 N–H and O–H groups in total. The zero-order chi connectivity index (χ0) is 15.2. The maximum atomic E-state index is 10.9. The molecule has 110 valence electrons. The Morgan fingerprint density at radius 3 is 2.43 bits per heavy atom. The SMILES string of the molecule is [B]C(=O)NCc1ccc(N2CCC(OC(C)=O)CC2)cc1. The van der Waals surface area contributed by atoms with Crippen LogP contribution in [-0.4, -0.2) is 38.8 Å². The van der Waals surface area contributed by atoms with Gasteiger partial charge in [0.05, 0.1) is 0 Å². The van der Waals surface area contributed by atoms with E-state index in [0.717, 1.165) is 37.2 Å². The third-order valence-corrected chi connectivity index (χ3v) is 3.54. The number of hydrogen-bond donors (Lipinski definition) is 1. The number of nitrogens with zero attached hydrogens (tertiary/aromatic N) is 1. The number of nitrogens with one attached hydrogen (secondary N) is 1. The van der Waals surface area contributed by atoms with Crippen LogP contribution in [0.4, 0.5) is 10.5 Å². The normalized spacial score (nSPS) is 15.6. The number of piperidine rings is 1. The molecule has 0 saturated carbocycles. The monoisotopic (exact) mass is 286 g/mol. The summed E-state index contributed by atoms with van der Waals surface area (Å²) in [5, 5.41) is 2.56. The summed E-state index contributed by atoms with van der Waals surface area (Å²) >= 11 is 0. The van der Waals surface area contributed by atoms with Gasteiger partial charge in [0.2, 0.25) is 7.85 Å². The topological polar surface area (TPSA) is 58.6 Å². The van der Waals surface area contributed by atoms with E-state index in [-0.39, 0.29) is 12.1 Å². The highest BCUT2D eigenvalue weighted by atomic mass is 16.5. The van der Waals surface area contributed by atoms with Gasteiger partial charge in [-0.3, -0.25) is 9.59 Å². The molecule has 0 atom stereocenters. The predicted octanol–water partition coefficient (Wildman–Crippen LogP) is 1.60. The molecule has 2 rings (SSSR count). The van der Waals surface area contributed by atoms with E-state index in [9.17, 15) is 9.59 Å². The minimum absolute atomic E-state index is 0.0396. The molecule has 0 bridgehead atoms. The molecule has 1 heterocycles. The van der Waals surface area contributed by atoms with Crippen LogP contribution >= 0.6 is 0 Å². The molecule has 1 aliphatic rings. The average Bonchev–Trinajstić information content (AvgIpc) is 2.46. The first-order valence-electron chi connectivity index (χ1n) is 7.09. The number of carbonyl (C=O) groups is 2. The highest BCUT2D eigenvalue weighted by Crippen LogP contribution is 2.22. The highest BCUT2D eigenvalue weighted by molar-refractivity contribution is 6.57. The summed E-state index contributed by atoms with van der Waals surface area (Å²) < 4.78 is 5.23. The minimum atomic E-state index is -0.522. The Morgan fingerprint density at radius 1 is 1.29 bits per heavy atom. The van der Waals surface area contributed by atoms with Crippen molar-refractivity contribution in [1.82, 2.24) is 5.32 Å². The average molecular weight is 286 g/mol. The van der Waals surface area contributed by atoms with Crippen LogP contribution in [0.1, 0.15) is 25.3 Å². The third kappa shape index (κ3) is 4.81. The van der Waals surface area contributed by atoms with Crippen LogP contribution in [-0.2, 0) is 16.1 Å². The molecule has 0 unspecified atom stereocenters. The molecule has 0 spiro atoms. The summed E-state index contributed by atoms with van der Waals surface area (Å²) in [5.74, 6) is -0.730. The van der Waals surface area contributed by atoms with E-state index in [1.807, 2.05) is 24.3 Å². The maximum Gasteiger partial charge on any atom is 0.302 e. The second-order valence-electron chi connectivity index (χ2n) is 5.18. The summed E-state index contributed by atoms with van der Waals surface area (Å²) in [5.41, 5.74) is 2.14. The first kappa shape index (κ1) is 15.4. The first-order valence-corrected chi connectivity index (χ1v) is 7.09.